The van der Waals surface area contributed by atoms with Crippen LogP contribution in [0, 0.1) is 0 Å². The Labute approximate surface area is 153 Å². The van der Waals surface area contributed by atoms with Gasteiger partial charge in [-0.25, -0.2) is 9.78 Å². The number of carbonyl (C=O) groups excluding carboxylic acids is 1. The van der Waals surface area contributed by atoms with Gasteiger partial charge in [-0.15, -0.1) is 0 Å². The van der Waals surface area contributed by atoms with E-state index in [0.717, 1.165) is 28.6 Å². The van der Waals surface area contributed by atoms with E-state index in [1.165, 1.54) is 11.1 Å². The van der Waals surface area contributed by atoms with Crippen LogP contribution in [-0.2, 0) is 17.7 Å². The third-order valence-corrected chi connectivity index (χ3v) is 4.60. The van der Waals surface area contributed by atoms with E-state index < -0.39 is 5.60 Å². The van der Waals surface area contributed by atoms with E-state index in [-0.39, 0.29) is 6.09 Å². The fraction of sp³-hybridized carbons (Fsp3) is 0.333. The number of fused-ring (bicyclic) bond motifs is 2. The molecule has 3 heterocycles. The number of amides is 1. The second-order valence-electron chi connectivity index (χ2n) is 7.77. The molecule has 4 rings (SSSR count). The van der Waals surface area contributed by atoms with Crippen molar-refractivity contribution in [1.82, 2.24) is 14.9 Å². The van der Waals surface area contributed by atoms with E-state index in [2.05, 4.69) is 34.2 Å². The van der Waals surface area contributed by atoms with Gasteiger partial charge in [0.1, 0.15) is 11.2 Å². The molecule has 134 valence electrons. The van der Waals surface area contributed by atoms with Crippen molar-refractivity contribution in [3.8, 4) is 11.1 Å². The summed E-state index contributed by atoms with van der Waals surface area (Å²) in [5.74, 6) is 0. The highest BCUT2D eigenvalue weighted by molar-refractivity contribution is 5.81. The molecule has 26 heavy (non-hydrogen) atoms. The average Bonchev–Trinajstić information content (AvgIpc) is 3.07. The summed E-state index contributed by atoms with van der Waals surface area (Å²) in [7, 11) is 0. The van der Waals surface area contributed by atoms with Gasteiger partial charge in [0.25, 0.3) is 0 Å². The standard InChI is InChI=1S/C21H23N3O2/c1-21(2,3)26-20(25)24-9-7-14-4-5-15(10-18(14)13-24)17-11-16-6-8-22-19(16)23-12-17/h4-6,8,10-12H,7,9,13H2,1-3H3,(H,22,23). The second kappa shape index (κ2) is 6.16. The first-order valence-corrected chi connectivity index (χ1v) is 8.92. The summed E-state index contributed by atoms with van der Waals surface area (Å²) in [4.78, 5) is 21.8. The third kappa shape index (κ3) is 3.29. The summed E-state index contributed by atoms with van der Waals surface area (Å²) in [6.45, 7) is 6.96. The third-order valence-electron chi connectivity index (χ3n) is 4.60. The maximum absolute atomic E-state index is 12.4. The number of nitrogens with one attached hydrogen (secondary N) is 1. The van der Waals surface area contributed by atoms with Gasteiger partial charge in [-0.1, -0.05) is 12.1 Å². The molecule has 1 aliphatic heterocycles. The zero-order chi connectivity index (χ0) is 18.3. The van der Waals surface area contributed by atoms with Crippen LogP contribution in [0.5, 0.6) is 0 Å². The SMILES string of the molecule is CC(C)(C)OC(=O)N1CCc2ccc(-c3cnc4[nH]ccc4c3)cc2C1. The minimum absolute atomic E-state index is 0.246. The Morgan fingerprint density at radius 2 is 2.00 bits per heavy atom. The summed E-state index contributed by atoms with van der Waals surface area (Å²) in [6, 6.07) is 10.6. The van der Waals surface area contributed by atoms with Gasteiger partial charge in [0.15, 0.2) is 0 Å². The zero-order valence-corrected chi connectivity index (χ0v) is 15.4. The van der Waals surface area contributed by atoms with Crippen molar-refractivity contribution >= 4 is 17.1 Å². The quantitative estimate of drug-likeness (QED) is 0.702. The highest BCUT2D eigenvalue weighted by Gasteiger charge is 2.25. The van der Waals surface area contributed by atoms with Crippen molar-refractivity contribution in [2.24, 2.45) is 0 Å². The zero-order valence-electron chi connectivity index (χ0n) is 15.4. The molecule has 0 unspecified atom stereocenters. The molecule has 0 saturated carbocycles. The monoisotopic (exact) mass is 349 g/mol. The fourth-order valence-electron chi connectivity index (χ4n) is 3.32. The smallest absolute Gasteiger partial charge is 0.410 e. The van der Waals surface area contributed by atoms with Crippen LogP contribution in [-0.4, -0.2) is 33.1 Å². The minimum Gasteiger partial charge on any atom is -0.444 e. The van der Waals surface area contributed by atoms with Gasteiger partial charge in [0.2, 0.25) is 0 Å². The molecule has 0 spiro atoms. The number of ether oxygens (including phenoxy) is 1. The van der Waals surface area contributed by atoms with Crippen LogP contribution in [0.3, 0.4) is 0 Å². The molecule has 0 bridgehead atoms. The van der Waals surface area contributed by atoms with Crippen LogP contribution in [0.15, 0.2) is 42.7 Å². The number of aromatic nitrogens is 2. The molecule has 1 aliphatic rings. The van der Waals surface area contributed by atoms with Crippen molar-refractivity contribution < 1.29 is 9.53 Å². The normalized spacial score (nSPS) is 14.3. The Morgan fingerprint density at radius 3 is 2.81 bits per heavy atom. The molecule has 0 aliphatic carbocycles. The number of nitrogens with zero attached hydrogens (tertiary/aromatic N) is 2. The van der Waals surface area contributed by atoms with Gasteiger partial charge >= 0.3 is 6.09 Å². The lowest BCUT2D eigenvalue weighted by Gasteiger charge is -2.31. The molecule has 1 N–H and O–H groups in total. The lowest BCUT2D eigenvalue weighted by Crippen LogP contribution is -2.39. The first-order valence-electron chi connectivity index (χ1n) is 8.92. The summed E-state index contributed by atoms with van der Waals surface area (Å²) >= 11 is 0. The summed E-state index contributed by atoms with van der Waals surface area (Å²) in [5.41, 5.74) is 5.08. The van der Waals surface area contributed by atoms with Gasteiger partial charge in [0, 0.05) is 36.4 Å². The van der Waals surface area contributed by atoms with Gasteiger partial charge in [0.05, 0.1) is 0 Å². The minimum atomic E-state index is -0.475. The molecule has 0 fully saturated rings. The van der Waals surface area contributed by atoms with Gasteiger partial charge < -0.3 is 14.6 Å². The van der Waals surface area contributed by atoms with E-state index >= 15 is 0 Å². The van der Waals surface area contributed by atoms with E-state index in [1.807, 2.05) is 39.2 Å². The number of carbonyl (C=O) groups is 1. The number of H-pyrrole nitrogens is 1. The molecule has 0 radical (unpaired) electrons. The van der Waals surface area contributed by atoms with Crippen molar-refractivity contribution in [1.29, 1.82) is 0 Å². The van der Waals surface area contributed by atoms with Crippen LogP contribution in [0.1, 0.15) is 31.9 Å². The van der Waals surface area contributed by atoms with Gasteiger partial charge in [-0.05, 0) is 62.1 Å². The Morgan fingerprint density at radius 1 is 1.15 bits per heavy atom. The average molecular weight is 349 g/mol. The molecule has 5 heteroatoms. The van der Waals surface area contributed by atoms with Crippen molar-refractivity contribution in [3.63, 3.8) is 0 Å². The number of aromatic amines is 1. The Balaban J connectivity index is 1.60. The Bertz CT molecular complexity index is 969. The number of benzene rings is 1. The van der Waals surface area contributed by atoms with Crippen molar-refractivity contribution in [2.45, 2.75) is 39.3 Å². The number of hydrogen-bond acceptors (Lipinski definition) is 3. The molecular weight excluding hydrogens is 326 g/mol. The van der Waals surface area contributed by atoms with Crippen LogP contribution < -0.4 is 0 Å². The van der Waals surface area contributed by atoms with Crippen LogP contribution in [0.25, 0.3) is 22.2 Å². The summed E-state index contributed by atoms with van der Waals surface area (Å²) in [6.07, 6.45) is 4.38. The fourth-order valence-corrected chi connectivity index (χ4v) is 3.32. The summed E-state index contributed by atoms with van der Waals surface area (Å²) < 4.78 is 5.52. The summed E-state index contributed by atoms with van der Waals surface area (Å²) in [5, 5.41) is 1.09. The highest BCUT2D eigenvalue weighted by Crippen LogP contribution is 2.28. The van der Waals surface area contributed by atoms with Crippen molar-refractivity contribution in [3.05, 3.63) is 53.9 Å². The molecule has 1 aromatic carbocycles. The number of hydrogen-bond donors (Lipinski definition) is 1. The van der Waals surface area contributed by atoms with E-state index in [4.69, 9.17) is 4.74 Å². The molecule has 1 amide bonds. The predicted octanol–water partition coefficient (Wildman–Crippen LogP) is 4.52. The van der Waals surface area contributed by atoms with Crippen LogP contribution in [0.2, 0.25) is 0 Å². The predicted molar refractivity (Wildman–Crippen MR) is 102 cm³/mol. The molecule has 2 aromatic heterocycles. The van der Waals surface area contributed by atoms with E-state index in [1.54, 1.807) is 4.90 Å². The van der Waals surface area contributed by atoms with Crippen LogP contribution >= 0.6 is 0 Å². The Kier molecular flexibility index (Phi) is 3.94. The van der Waals surface area contributed by atoms with Crippen LogP contribution in [0.4, 0.5) is 4.79 Å². The lowest BCUT2D eigenvalue weighted by atomic mass is 9.95. The molecule has 5 nitrogen and oxygen atoms in total. The van der Waals surface area contributed by atoms with Gasteiger partial charge in [-0.3, -0.25) is 0 Å². The number of pyridine rings is 1. The molecule has 0 saturated heterocycles. The highest BCUT2D eigenvalue weighted by atomic mass is 16.6. The first kappa shape index (κ1) is 16.6. The second-order valence-corrected chi connectivity index (χ2v) is 7.77. The first-order chi connectivity index (χ1) is 12.4. The number of rotatable bonds is 1. The van der Waals surface area contributed by atoms with Crippen molar-refractivity contribution in [2.75, 3.05) is 6.54 Å². The molecule has 3 aromatic rings. The van der Waals surface area contributed by atoms with E-state index in [9.17, 15) is 4.79 Å². The van der Waals surface area contributed by atoms with E-state index in [0.29, 0.717) is 13.1 Å². The maximum Gasteiger partial charge on any atom is 0.410 e. The Hall–Kier alpha value is -2.82. The lowest BCUT2D eigenvalue weighted by molar-refractivity contribution is 0.0224. The van der Waals surface area contributed by atoms with Gasteiger partial charge in [-0.2, -0.15) is 0 Å². The maximum atomic E-state index is 12.4. The topological polar surface area (TPSA) is 58.2 Å². The largest absolute Gasteiger partial charge is 0.444 e. The molecular formula is C21H23N3O2. The molecule has 0 atom stereocenters.